The number of hydrogen-bond acceptors (Lipinski definition) is 5. The highest BCUT2D eigenvalue weighted by molar-refractivity contribution is 5.68. The number of hydrogen-bond donors (Lipinski definition) is 0. The first-order valence-electron chi connectivity index (χ1n) is 4.64. The molecule has 5 heteroatoms. The maximum absolute atomic E-state index is 10.3. The quantitative estimate of drug-likeness (QED) is 0.343. The third-order valence-electron chi connectivity index (χ3n) is 1.82. The molecule has 0 aliphatic carbocycles. The predicted octanol–water partition coefficient (Wildman–Crippen LogP) is -1.52. The third-order valence-corrected chi connectivity index (χ3v) is 1.82. The molecule has 0 aliphatic rings. The van der Waals surface area contributed by atoms with Crippen molar-refractivity contribution in [3.63, 3.8) is 0 Å². The summed E-state index contributed by atoms with van der Waals surface area (Å²) in [5.41, 5.74) is 0. The molecule has 86 valence electrons. The van der Waals surface area contributed by atoms with Gasteiger partial charge in [0.05, 0.1) is 6.61 Å². The molecule has 0 aliphatic heterocycles. The minimum Gasteiger partial charge on any atom is -0.550 e. The van der Waals surface area contributed by atoms with E-state index in [1.807, 2.05) is 0 Å². The molecule has 0 N–H and O–H groups in total. The van der Waals surface area contributed by atoms with E-state index >= 15 is 0 Å². The minimum atomic E-state index is -1.26. The predicted molar refractivity (Wildman–Crippen MR) is 48.4 cm³/mol. The van der Waals surface area contributed by atoms with E-state index in [0.717, 1.165) is 0 Å². The Labute approximate surface area is 88.4 Å². The van der Waals surface area contributed by atoms with E-state index < -0.39 is 17.9 Å². The molecular weight excluding hydrogens is 200 g/mol. The SMILES string of the molecule is C=CCOCCC(CC(=O)[O-])CC(=O)[O-]. The largest absolute Gasteiger partial charge is 0.550 e. The summed E-state index contributed by atoms with van der Waals surface area (Å²) in [6.07, 6.45) is 1.35. The topological polar surface area (TPSA) is 89.5 Å². The van der Waals surface area contributed by atoms with Crippen molar-refractivity contribution >= 4 is 11.9 Å². The van der Waals surface area contributed by atoms with Gasteiger partial charge < -0.3 is 24.5 Å². The van der Waals surface area contributed by atoms with Gasteiger partial charge in [0.1, 0.15) is 0 Å². The zero-order valence-corrected chi connectivity index (χ0v) is 8.44. The first-order chi connectivity index (χ1) is 7.06. The Bertz CT molecular complexity index is 208. The van der Waals surface area contributed by atoms with Crippen LogP contribution in [0.5, 0.6) is 0 Å². The molecule has 0 aromatic carbocycles. The molecule has 15 heavy (non-hydrogen) atoms. The highest BCUT2D eigenvalue weighted by Crippen LogP contribution is 2.12. The van der Waals surface area contributed by atoms with Gasteiger partial charge in [-0.1, -0.05) is 6.08 Å². The number of carboxylic acids is 2. The van der Waals surface area contributed by atoms with Crippen LogP contribution in [0.1, 0.15) is 19.3 Å². The van der Waals surface area contributed by atoms with Gasteiger partial charge in [-0.25, -0.2) is 0 Å². The van der Waals surface area contributed by atoms with E-state index in [1.165, 1.54) is 0 Å². The number of carbonyl (C=O) groups excluding carboxylic acids is 2. The first kappa shape index (κ1) is 13.6. The van der Waals surface area contributed by atoms with Gasteiger partial charge in [-0.2, -0.15) is 0 Å². The van der Waals surface area contributed by atoms with Crippen LogP contribution in [0.3, 0.4) is 0 Å². The summed E-state index contributed by atoms with van der Waals surface area (Å²) in [4.78, 5) is 20.6. The standard InChI is InChI=1S/C10H16O5/c1-2-4-15-5-3-8(6-9(11)12)7-10(13)14/h2,8H,1,3-7H2,(H,11,12)(H,13,14)/p-2. The molecule has 0 amide bonds. The van der Waals surface area contributed by atoms with Crippen LogP contribution in [0, 0.1) is 5.92 Å². The summed E-state index contributed by atoms with van der Waals surface area (Å²) >= 11 is 0. The maximum Gasteiger partial charge on any atom is 0.0644 e. The average molecular weight is 214 g/mol. The molecule has 0 atom stereocenters. The summed E-state index contributed by atoms with van der Waals surface area (Å²) < 4.78 is 5.03. The highest BCUT2D eigenvalue weighted by Gasteiger charge is 2.09. The molecule has 0 radical (unpaired) electrons. The number of rotatable bonds is 9. The molecule has 0 heterocycles. The number of carbonyl (C=O) groups is 2. The molecule has 0 spiro atoms. The van der Waals surface area contributed by atoms with Crippen molar-refractivity contribution in [2.75, 3.05) is 13.2 Å². The number of ether oxygens (including phenoxy) is 1. The maximum atomic E-state index is 10.3. The summed E-state index contributed by atoms with van der Waals surface area (Å²) in [6.45, 7) is 4.11. The van der Waals surface area contributed by atoms with Gasteiger partial charge in [-0.15, -0.1) is 6.58 Å². The number of aliphatic carboxylic acids is 2. The fraction of sp³-hybridized carbons (Fsp3) is 0.600. The lowest BCUT2D eigenvalue weighted by molar-refractivity contribution is -0.310. The average Bonchev–Trinajstić information content (AvgIpc) is 2.10. The fourth-order valence-electron chi connectivity index (χ4n) is 1.16. The molecule has 0 aromatic rings. The van der Waals surface area contributed by atoms with Crippen molar-refractivity contribution in [3.05, 3.63) is 12.7 Å². The van der Waals surface area contributed by atoms with E-state index in [4.69, 9.17) is 4.74 Å². The van der Waals surface area contributed by atoms with Crippen LogP contribution in [0.15, 0.2) is 12.7 Å². The molecule has 0 saturated carbocycles. The van der Waals surface area contributed by atoms with Gasteiger partial charge in [-0.05, 0) is 25.2 Å². The van der Waals surface area contributed by atoms with Gasteiger partial charge in [0.15, 0.2) is 0 Å². The van der Waals surface area contributed by atoms with Crippen LogP contribution in [-0.2, 0) is 14.3 Å². The molecule has 0 fully saturated rings. The Balaban J connectivity index is 3.84. The van der Waals surface area contributed by atoms with Gasteiger partial charge in [-0.3, -0.25) is 0 Å². The Kier molecular flexibility index (Phi) is 7.27. The molecule has 0 rings (SSSR count). The molecular formula is C10H14O5-2. The van der Waals surface area contributed by atoms with Crippen molar-refractivity contribution in [2.24, 2.45) is 5.92 Å². The van der Waals surface area contributed by atoms with E-state index in [9.17, 15) is 19.8 Å². The van der Waals surface area contributed by atoms with Crippen LogP contribution in [0.4, 0.5) is 0 Å². The lowest BCUT2D eigenvalue weighted by Crippen LogP contribution is -2.30. The van der Waals surface area contributed by atoms with E-state index in [0.29, 0.717) is 19.6 Å². The first-order valence-corrected chi connectivity index (χ1v) is 4.64. The van der Waals surface area contributed by atoms with Gasteiger partial charge >= 0.3 is 0 Å². The second-order valence-corrected chi connectivity index (χ2v) is 3.17. The smallest absolute Gasteiger partial charge is 0.0644 e. The summed E-state index contributed by atoms with van der Waals surface area (Å²) in [5, 5.41) is 20.6. The summed E-state index contributed by atoms with van der Waals surface area (Å²) in [6, 6.07) is 0. The van der Waals surface area contributed by atoms with Crippen molar-refractivity contribution in [3.8, 4) is 0 Å². The Hall–Kier alpha value is -1.36. The highest BCUT2D eigenvalue weighted by atomic mass is 16.5. The zero-order valence-electron chi connectivity index (χ0n) is 8.44. The zero-order chi connectivity index (χ0) is 11.7. The Morgan fingerprint density at radius 2 is 1.80 bits per heavy atom. The Morgan fingerprint density at radius 3 is 2.20 bits per heavy atom. The fourth-order valence-corrected chi connectivity index (χ4v) is 1.16. The van der Waals surface area contributed by atoms with Gasteiger partial charge in [0, 0.05) is 18.5 Å². The number of carboxylic acid groups (broad SMARTS) is 2. The van der Waals surface area contributed by atoms with Crippen LogP contribution >= 0.6 is 0 Å². The van der Waals surface area contributed by atoms with E-state index in [1.54, 1.807) is 6.08 Å². The van der Waals surface area contributed by atoms with Crippen molar-refractivity contribution < 1.29 is 24.5 Å². The molecule has 5 nitrogen and oxygen atoms in total. The lowest BCUT2D eigenvalue weighted by Gasteiger charge is -2.17. The molecule has 0 aromatic heterocycles. The molecule has 0 saturated heterocycles. The lowest BCUT2D eigenvalue weighted by atomic mass is 9.98. The van der Waals surface area contributed by atoms with Gasteiger partial charge in [0.2, 0.25) is 0 Å². The minimum absolute atomic E-state index is 0.286. The van der Waals surface area contributed by atoms with Crippen LogP contribution in [0.25, 0.3) is 0 Å². The van der Waals surface area contributed by atoms with Crippen molar-refractivity contribution in [1.29, 1.82) is 0 Å². The second kappa shape index (κ2) is 7.99. The van der Waals surface area contributed by atoms with Crippen molar-refractivity contribution in [2.45, 2.75) is 19.3 Å². The van der Waals surface area contributed by atoms with Crippen LogP contribution in [0.2, 0.25) is 0 Å². The third kappa shape index (κ3) is 8.96. The molecule has 0 unspecified atom stereocenters. The van der Waals surface area contributed by atoms with Crippen LogP contribution in [-0.4, -0.2) is 25.2 Å². The van der Waals surface area contributed by atoms with Gasteiger partial charge in [0.25, 0.3) is 0 Å². The summed E-state index contributed by atoms with van der Waals surface area (Å²) in [5.74, 6) is -3.01. The van der Waals surface area contributed by atoms with Crippen molar-refractivity contribution in [1.82, 2.24) is 0 Å². The van der Waals surface area contributed by atoms with E-state index in [-0.39, 0.29) is 12.8 Å². The second-order valence-electron chi connectivity index (χ2n) is 3.17. The normalized spacial score (nSPS) is 10.2. The van der Waals surface area contributed by atoms with Crippen LogP contribution < -0.4 is 10.2 Å². The van der Waals surface area contributed by atoms with E-state index in [2.05, 4.69) is 6.58 Å². The molecule has 0 bridgehead atoms. The monoisotopic (exact) mass is 214 g/mol. The Morgan fingerprint density at radius 1 is 1.27 bits per heavy atom. The summed E-state index contributed by atoms with van der Waals surface area (Å²) in [7, 11) is 0.